The number of unbranched alkanes of at least 4 members (excludes halogenated alkanes) is 4. The van der Waals surface area contributed by atoms with E-state index in [4.69, 9.17) is 28.4 Å². The van der Waals surface area contributed by atoms with Crippen LogP contribution in [0.5, 0.6) is 23.0 Å². The van der Waals surface area contributed by atoms with Gasteiger partial charge in [0.25, 0.3) is 0 Å². The first kappa shape index (κ1) is 55.7. The summed E-state index contributed by atoms with van der Waals surface area (Å²) in [7, 11) is 3.27. The van der Waals surface area contributed by atoms with Crippen LogP contribution >= 0.6 is 22.7 Å². The fourth-order valence-electron chi connectivity index (χ4n) is 8.71. The molecule has 72 heavy (non-hydrogen) atoms. The fourth-order valence-corrected chi connectivity index (χ4v) is 10.5. The van der Waals surface area contributed by atoms with Gasteiger partial charge >= 0.3 is 5.97 Å². The van der Waals surface area contributed by atoms with Gasteiger partial charge < -0.3 is 28.4 Å². The van der Waals surface area contributed by atoms with Crippen LogP contribution in [0.3, 0.4) is 0 Å². The lowest BCUT2D eigenvalue weighted by molar-refractivity contribution is -0.138. The molecule has 0 N–H and O–H groups in total. The second kappa shape index (κ2) is 28.6. The average molecular weight is 1030 g/mol. The number of rotatable bonds is 32. The fraction of sp³-hybridized carbons (Fsp3) is 0.441. The van der Waals surface area contributed by atoms with E-state index >= 15 is 0 Å². The second-order valence-electron chi connectivity index (χ2n) is 18.2. The largest absolute Gasteiger partial charge is 0.496 e. The summed E-state index contributed by atoms with van der Waals surface area (Å²) < 4.78 is 65.8. The van der Waals surface area contributed by atoms with Crippen molar-refractivity contribution >= 4 is 48.8 Å². The van der Waals surface area contributed by atoms with E-state index < -0.39 is 18.3 Å². The predicted octanol–water partition coefficient (Wildman–Crippen LogP) is 15.0. The quantitative estimate of drug-likeness (QED) is 0.0232. The van der Waals surface area contributed by atoms with Crippen LogP contribution in [0, 0.1) is 0 Å². The second-order valence-corrected chi connectivity index (χ2v) is 20.2. The number of carbonyl (C=O) groups is 1. The zero-order valence-corrected chi connectivity index (χ0v) is 44.0. The lowest BCUT2D eigenvalue weighted by atomic mass is 10.0. The number of fused-ring (bicyclic) bond motifs is 2. The van der Waals surface area contributed by atoms with E-state index in [-0.39, 0.29) is 48.1 Å². The molecule has 0 spiro atoms. The van der Waals surface area contributed by atoms with Crippen LogP contribution in [0.4, 0.5) is 8.78 Å². The minimum Gasteiger partial charge on any atom is -0.496 e. The average Bonchev–Trinajstić information content (AvgIpc) is 3.38. The van der Waals surface area contributed by atoms with Crippen LogP contribution in [-0.4, -0.2) is 58.6 Å². The summed E-state index contributed by atoms with van der Waals surface area (Å²) in [4.78, 5) is 38.2. The molecule has 0 fully saturated rings. The minimum absolute atomic E-state index is 0.0514. The van der Waals surface area contributed by atoms with Gasteiger partial charge in [-0.15, -0.1) is 0 Å². The Hall–Kier alpha value is -5.63. The first-order valence-electron chi connectivity index (χ1n) is 25.5. The van der Waals surface area contributed by atoms with E-state index in [0.29, 0.717) is 73.0 Å². The number of esters is 1. The molecule has 0 saturated heterocycles. The number of carbonyl (C=O) groups excluding carboxylic acids is 1. The van der Waals surface area contributed by atoms with E-state index in [1.165, 1.54) is 46.6 Å². The maximum absolute atomic E-state index is 14.7. The molecule has 0 bridgehead atoms. The number of benzene rings is 4. The molecule has 4 aromatic carbocycles. The molecule has 2 heterocycles. The Labute approximate surface area is 431 Å². The summed E-state index contributed by atoms with van der Waals surface area (Å²) in [6.07, 6.45) is 11.6. The van der Waals surface area contributed by atoms with E-state index in [1.807, 2.05) is 72.8 Å². The number of halogens is 2. The van der Waals surface area contributed by atoms with Crippen LogP contribution < -0.4 is 28.4 Å². The van der Waals surface area contributed by atoms with Crippen molar-refractivity contribution in [2.45, 2.75) is 129 Å². The number of alkyl halides is 2. The van der Waals surface area contributed by atoms with Gasteiger partial charge in [0.1, 0.15) is 23.0 Å². The molecule has 6 aromatic rings. The molecule has 6 rings (SSSR count). The van der Waals surface area contributed by atoms with Crippen LogP contribution in [0.15, 0.2) is 107 Å². The summed E-state index contributed by atoms with van der Waals surface area (Å²) in [5, 5.41) is 1.86. The number of hydrogen-bond acceptors (Lipinski definition) is 11. The van der Waals surface area contributed by atoms with Crippen LogP contribution in [0.2, 0.25) is 0 Å². The Kier molecular flexibility index (Phi) is 22.1. The smallest absolute Gasteiger partial charge is 0.330 e. The molecular weight excluding hydrogens is 955 g/mol. The minimum atomic E-state index is -2.91. The van der Waals surface area contributed by atoms with E-state index in [2.05, 4.69) is 32.6 Å². The van der Waals surface area contributed by atoms with Gasteiger partial charge in [-0.1, -0.05) is 93.0 Å². The summed E-state index contributed by atoms with van der Waals surface area (Å²) in [6.45, 7) is 8.56. The Bertz CT molecular complexity index is 2650. The standard InChI is InChI=1S/C59H70F2O9S2/c1-6-9-11-17-41-21-27-48(52(35-41)65-4)50-37-43-23-25-46(39-54(43)71-57(50)63)68-31-13-19-45(67-33-15-29-59(60,61)30-16-34-70-56(62)8-3)20-14-32-69-47-26-24-44-38-51(58(64)72-55(44)40-47)49-28-22-42(18-12-10-7-2)36-53(49)66-5/h8,21-28,35-40,45H,3,6-7,9-20,29-34H2,1-2,4-5H3. The molecule has 13 heteroatoms. The van der Waals surface area contributed by atoms with Gasteiger partial charge in [0.05, 0.1) is 40.1 Å². The van der Waals surface area contributed by atoms with E-state index in [1.54, 1.807) is 14.2 Å². The summed E-state index contributed by atoms with van der Waals surface area (Å²) in [6, 6.07) is 27.6. The van der Waals surface area contributed by atoms with Crippen molar-refractivity contribution < 1.29 is 42.0 Å². The Morgan fingerprint density at radius 1 is 0.597 bits per heavy atom. The van der Waals surface area contributed by atoms with Crippen molar-refractivity contribution in [2.24, 2.45) is 0 Å². The molecule has 0 aliphatic rings. The Balaban J connectivity index is 1.04. The third kappa shape index (κ3) is 16.7. The van der Waals surface area contributed by atoms with Gasteiger partial charge in [-0.2, -0.15) is 0 Å². The molecule has 0 aliphatic carbocycles. The lowest BCUT2D eigenvalue weighted by Gasteiger charge is -2.20. The molecule has 0 aliphatic heterocycles. The first-order valence-corrected chi connectivity index (χ1v) is 27.1. The summed E-state index contributed by atoms with van der Waals surface area (Å²) >= 11 is 2.36. The zero-order valence-electron chi connectivity index (χ0n) is 42.3. The summed E-state index contributed by atoms with van der Waals surface area (Å²) in [5.41, 5.74) is 5.15. The third-order valence-electron chi connectivity index (χ3n) is 12.7. The van der Waals surface area contributed by atoms with Gasteiger partial charge in [-0.25, -0.2) is 13.6 Å². The predicted molar refractivity (Wildman–Crippen MR) is 290 cm³/mol. The van der Waals surface area contributed by atoms with Crippen LogP contribution in [0.25, 0.3) is 42.4 Å². The normalized spacial score (nSPS) is 11.6. The highest BCUT2D eigenvalue weighted by Crippen LogP contribution is 2.35. The molecule has 0 atom stereocenters. The van der Waals surface area contributed by atoms with Gasteiger partial charge in [0, 0.05) is 57.2 Å². The van der Waals surface area contributed by atoms with Crippen molar-refractivity contribution in [3.63, 3.8) is 0 Å². The number of ether oxygens (including phenoxy) is 6. The molecule has 0 amide bonds. The molecule has 386 valence electrons. The third-order valence-corrected chi connectivity index (χ3v) is 14.6. The van der Waals surface area contributed by atoms with Crippen molar-refractivity contribution in [3.8, 4) is 45.3 Å². The highest BCUT2D eigenvalue weighted by Gasteiger charge is 2.28. The van der Waals surface area contributed by atoms with E-state index in [9.17, 15) is 23.2 Å². The van der Waals surface area contributed by atoms with Crippen LogP contribution in [0.1, 0.15) is 115 Å². The van der Waals surface area contributed by atoms with Crippen molar-refractivity contribution in [1.82, 2.24) is 0 Å². The summed E-state index contributed by atoms with van der Waals surface area (Å²) in [5.74, 6) is -0.861. The Morgan fingerprint density at radius 2 is 1.08 bits per heavy atom. The monoisotopic (exact) mass is 1020 g/mol. The van der Waals surface area contributed by atoms with Crippen molar-refractivity contribution in [2.75, 3.05) is 40.6 Å². The highest BCUT2D eigenvalue weighted by molar-refractivity contribution is 7.16. The SMILES string of the molecule is C=CC(=O)OCCCC(F)(F)CCCOC(CCCOc1ccc2cc(-c3ccc(CCCCC)cc3OC)c(=O)sc2c1)CCCOc1ccc2cc(-c3ccc(CCCCC)cc3OC)c(=O)sc2c1. The van der Waals surface area contributed by atoms with Crippen molar-refractivity contribution in [1.29, 1.82) is 0 Å². The maximum Gasteiger partial charge on any atom is 0.330 e. The van der Waals surface area contributed by atoms with Gasteiger partial charge in [0.15, 0.2) is 0 Å². The van der Waals surface area contributed by atoms with Gasteiger partial charge in [0.2, 0.25) is 15.4 Å². The molecule has 0 unspecified atom stereocenters. The molecule has 0 radical (unpaired) electrons. The molecule has 9 nitrogen and oxygen atoms in total. The van der Waals surface area contributed by atoms with Crippen LogP contribution in [-0.2, 0) is 27.1 Å². The number of methoxy groups -OCH3 is 2. The molecule has 2 aromatic heterocycles. The number of hydrogen-bond donors (Lipinski definition) is 0. The van der Waals surface area contributed by atoms with E-state index in [0.717, 1.165) is 75.9 Å². The lowest BCUT2D eigenvalue weighted by Crippen LogP contribution is -2.20. The first-order chi connectivity index (χ1) is 34.9. The van der Waals surface area contributed by atoms with Crippen molar-refractivity contribution in [3.05, 3.63) is 128 Å². The highest BCUT2D eigenvalue weighted by atomic mass is 32.1. The zero-order chi connectivity index (χ0) is 51.3. The van der Waals surface area contributed by atoms with Gasteiger partial charge in [-0.3, -0.25) is 9.59 Å². The number of aryl methyl sites for hydroxylation is 2. The molecule has 0 saturated carbocycles. The topological polar surface area (TPSA) is 107 Å². The maximum atomic E-state index is 14.7. The Morgan fingerprint density at radius 3 is 1.54 bits per heavy atom. The molecular formula is C59H70F2O9S2. The van der Waals surface area contributed by atoms with Gasteiger partial charge in [-0.05, 0) is 147 Å².